The van der Waals surface area contributed by atoms with Crippen molar-refractivity contribution >= 4 is 15.9 Å². The first-order valence-electron chi connectivity index (χ1n) is 7.92. The number of nitrogens with one attached hydrogen (secondary N) is 2. The summed E-state index contributed by atoms with van der Waals surface area (Å²) < 4.78 is 28.6. The topological polar surface area (TPSA) is 84.5 Å². The van der Waals surface area contributed by atoms with Crippen molar-refractivity contribution in [3.8, 4) is 0 Å². The lowest BCUT2D eigenvalue weighted by atomic mass is 10.0. The first-order chi connectivity index (χ1) is 9.98. The van der Waals surface area contributed by atoms with Crippen LogP contribution in [0.2, 0.25) is 0 Å². The van der Waals surface area contributed by atoms with Gasteiger partial charge in [0.25, 0.3) is 0 Å². The minimum atomic E-state index is -2.92. The van der Waals surface area contributed by atoms with E-state index in [2.05, 4.69) is 10.6 Å². The zero-order valence-electron chi connectivity index (χ0n) is 14.3. The predicted octanol–water partition coefficient (Wildman–Crippen LogP) is 1.70. The quantitative estimate of drug-likeness (QED) is 0.799. The van der Waals surface area contributed by atoms with Crippen LogP contribution in [0.1, 0.15) is 47.5 Å². The highest BCUT2D eigenvalue weighted by atomic mass is 32.2. The molecule has 1 aliphatic rings. The Hall–Kier alpha value is -0.820. The van der Waals surface area contributed by atoms with E-state index in [1.807, 2.05) is 34.6 Å². The lowest BCUT2D eigenvalue weighted by Gasteiger charge is -2.29. The molecule has 22 heavy (non-hydrogen) atoms. The smallest absolute Gasteiger partial charge is 0.407 e. The molecule has 1 saturated heterocycles. The maximum Gasteiger partial charge on any atom is 0.407 e. The van der Waals surface area contributed by atoms with Crippen LogP contribution in [0.4, 0.5) is 4.79 Å². The first kappa shape index (κ1) is 19.2. The molecular weight excluding hydrogens is 304 g/mol. The summed E-state index contributed by atoms with van der Waals surface area (Å²) in [5.74, 6) is 0.694. The number of alkyl carbamates (subject to hydrolysis) is 1. The van der Waals surface area contributed by atoms with Gasteiger partial charge in [0.05, 0.1) is 11.5 Å². The van der Waals surface area contributed by atoms with E-state index >= 15 is 0 Å². The minimum absolute atomic E-state index is 0.0274. The highest BCUT2D eigenvalue weighted by Gasteiger charge is 2.26. The molecule has 0 aromatic carbocycles. The SMILES string of the molecule is CC(C)C(CNC1CCCS(=O)(=O)C1)NC(=O)OC(C)(C)C. The zero-order valence-corrected chi connectivity index (χ0v) is 15.1. The molecule has 2 atom stereocenters. The van der Waals surface area contributed by atoms with Gasteiger partial charge in [-0.3, -0.25) is 0 Å². The third-order valence-electron chi connectivity index (χ3n) is 3.60. The standard InChI is InChI=1S/C15H30N2O4S/c1-11(2)13(17-14(18)21-15(3,4)5)9-16-12-7-6-8-22(19,20)10-12/h11-13,16H,6-10H2,1-5H3,(H,17,18). The lowest BCUT2D eigenvalue weighted by Crippen LogP contribution is -2.50. The molecule has 0 aromatic rings. The number of carbonyl (C=O) groups excluding carboxylic acids is 1. The molecule has 0 spiro atoms. The molecule has 130 valence electrons. The van der Waals surface area contributed by atoms with Gasteiger partial charge in [-0.05, 0) is 39.5 Å². The average molecular weight is 334 g/mol. The van der Waals surface area contributed by atoms with E-state index in [0.717, 1.165) is 6.42 Å². The second-order valence-electron chi connectivity index (χ2n) is 7.36. The Balaban J connectivity index is 2.49. The molecular formula is C15H30N2O4S. The third kappa shape index (κ3) is 7.45. The van der Waals surface area contributed by atoms with Crippen LogP contribution in [-0.4, -0.2) is 50.2 Å². The molecule has 2 N–H and O–H groups in total. The van der Waals surface area contributed by atoms with Gasteiger partial charge >= 0.3 is 6.09 Å². The van der Waals surface area contributed by atoms with Crippen LogP contribution in [-0.2, 0) is 14.6 Å². The van der Waals surface area contributed by atoms with E-state index in [4.69, 9.17) is 4.74 Å². The van der Waals surface area contributed by atoms with Gasteiger partial charge < -0.3 is 15.4 Å². The van der Waals surface area contributed by atoms with Crippen molar-refractivity contribution in [2.24, 2.45) is 5.92 Å². The summed E-state index contributed by atoms with van der Waals surface area (Å²) in [4.78, 5) is 11.9. The van der Waals surface area contributed by atoms with Crippen molar-refractivity contribution in [3.05, 3.63) is 0 Å². The Morgan fingerprint density at radius 1 is 1.32 bits per heavy atom. The fraction of sp³-hybridized carbons (Fsp3) is 0.933. The summed E-state index contributed by atoms with van der Waals surface area (Å²) in [7, 11) is -2.92. The molecule has 0 bridgehead atoms. The Bertz CT molecular complexity index is 468. The van der Waals surface area contributed by atoms with E-state index in [-0.39, 0.29) is 29.5 Å². The molecule has 1 rings (SSSR count). The number of amides is 1. The second kappa shape index (κ2) is 7.64. The monoisotopic (exact) mass is 334 g/mol. The minimum Gasteiger partial charge on any atom is -0.444 e. The zero-order chi connectivity index (χ0) is 17.0. The number of carbonyl (C=O) groups is 1. The van der Waals surface area contributed by atoms with Gasteiger partial charge in [0.15, 0.2) is 9.84 Å². The molecule has 1 heterocycles. The summed E-state index contributed by atoms with van der Waals surface area (Å²) >= 11 is 0. The molecule has 0 radical (unpaired) electrons. The van der Waals surface area contributed by atoms with Crippen molar-refractivity contribution in [1.29, 1.82) is 0 Å². The van der Waals surface area contributed by atoms with Gasteiger partial charge in [0.2, 0.25) is 0 Å². The van der Waals surface area contributed by atoms with E-state index in [0.29, 0.717) is 13.0 Å². The highest BCUT2D eigenvalue weighted by Crippen LogP contribution is 2.13. The molecule has 7 heteroatoms. The third-order valence-corrected chi connectivity index (χ3v) is 5.42. The van der Waals surface area contributed by atoms with Crippen molar-refractivity contribution in [1.82, 2.24) is 10.6 Å². The van der Waals surface area contributed by atoms with Crippen molar-refractivity contribution in [2.75, 3.05) is 18.1 Å². The normalized spacial score (nSPS) is 23.1. The van der Waals surface area contributed by atoms with E-state index in [1.54, 1.807) is 0 Å². The van der Waals surface area contributed by atoms with Crippen LogP contribution in [0.3, 0.4) is 0 Å². The van der Waals surface area contributed by atoms with Gasteiger partial charge in [-0.15, -0.1) is 0 Å². The largest absolute Gasteiger partial charge is 0.444 e. The molecule has 2 unspecified atom stereocenters. The predicted molar refractivity (Wildman–Crippen MR) is 87.7 cm³/mol. The number of rotatable bonds is 5. The molecule has 6 nitrogen and oxygen atoms in total. The van der Waals surface area contributed by atoms with Crippen LogP contribution in [0.5, 0.6) is 0 Å². The molecule has 0 saturated carbocycles. The number of sulfone groups is 1. The lowest BCUT2D eigenvalue weighted by molar-refractivity contribution is 0.0489. The van der Waals surface area contributed by atoms with Crippen LogP contribution >= 0.6 is 0 Å². The number of hydrogen-bond donors (Lipinski definition) is 2. The fourth-order valence-electron chi connectivity index (χ4n) is 2.39. The summed E-state index contributed by atoms with van der Waals surface area (Å²) in [5, 5.41) is 6.14. The fourth-order valence-corrected chi connectivity index (χ4v) is 4.06. The summed E-state index contributed by atoms with van der Waals surface area (Å²) in [5.41, 5.74) is -0.531. The summed E-state index contributed by atoms with van der Waals surface area (Å²) in [6, 6.07) is -0.125. The Labute approximate surface area is 134 Å². The summed E-state index contributed by atoms with van der Waals surface area (Å²) in [6.07, 6.45) is 1.12. The molecule has 0 aliphatic carbocycles. The second-order valence-corrected chi connectivity index (χ2v) is 9.59. The van der Waals surface area contributed by atoms with Gasteiger partial charge in [-0.2, -0.15) is 0 Å². The van der Waals surface area contributed by atoms with Gasteiger partial charge in [0, 0.05) is 18.6 Å². The maximum atomic E-state index is 11.9. The molecule has 0 aromatic heterocycles. The van der Waals surface area contributed by atoms with E-state index < -0.39 is 21.5 Å². The molecule has 1 aliphatic heterocycles. The van der Waals surface area contributed by atoms with Crippen molar-refractivity contribution in [2.45, 2.75) is 65.1 Å². The Morgan fingerprint density at radius 3 is 2.45 bits per heavy atom. The maximum absolute atomic E-state index is 11.9. The van der Waals surface area contributed by atoms with Crippen LogP contribution in [0.25, 0.3) is 0 Å². The molecule has 1 amide bonds. The summed E-state index contributed by atoms with van der Waals surface area (Å²) in [6.45, 7) is 10.0. The van der Waals surface area contributed by atoms with Crippen molar-refractivity contribution in [3.63, 3.8) is 0 Å². The van der Waals surface area contributed by atoms with Gasteiger partial charge in [0.1, 0.15) is 5.60 Å². The first-order valence-corrected chi connectivity index (χ1v) is 9.74. The van der Waals surface area contributed by atoms with Gasteiger partial charge in [-0.25, -0.2) is 13.2 Å². The average Bonchev–Trinajstić information content (AvgIpc) is 2.30. The Morgan fingerprint density at radius 2 is 1.95 bits per heavy atom. The number of hydrogen-bond acceptors (Lipinski definition) is 5. The highest BCUT2D eigenvalue weighted by molar-refractivity contribution is 7.91. The molecule has 1 fully saturated rings. The van der Waals surface area contributed by atoms with Crippen LogP contribution in [0, 0.1) is 5.92 Å². The Kier molecular flexibility index (Phi) is 6.67. The van der Waals surface area contributed by atoms with Crippen molar-refractivity contribution < 1.29 is 17.9 Å². The van der Waals surface area contributed by atoms with Crippen LogP contribution in [0.15, 0.2) is 0 Å². The van der Waals surface area contributed by atoms with E-state index in [9.17, 15) is 13.2 Å². The van der Waals surface area contributed by atoms with E-state index in [1.165, 1.54) is 0 Å². The van der Waals surface area contributed by atoms with Gasteiger partial charge in [-0.1, -0.05) is 13.8 Å². The number of ether oxygens (including phenoxy) is 1. The van der Waals surface area contributed by atoms with Crippen LogP contribution < -0.4 is 10.6 Å².